The van der Waals surface area contributed by atoms with E-state index in [4.69, 9.17) is 9.40 Å². The molecule has 0 radical (unpaired) electrons. The number of likely N-dealkylation sites (tertiary alicyclic amines) is 1. The molecule has 6 nitrogen and oxygen atoms in total. The number of oxazole rings is 1. The highest BCUT2D eigenvalue weighted by Gasteiger charge is 2.42. The summed E-state index contributed by atoms with van der Waals surface area (Å²) in [4.78, 5) is 21.6. The topological polar surface area (TPSA) is 69.8 Å². The van der Waals surface area contributed by atoms with Crippen molar-refractivity contribution in [2.75, 3.05) is 26.7 Å². The van der Waals surface area contributed by atoms with Gasteiger partial charge in [-0.25, -0.2) is 9.37 Å². The number of nitrogens with zero attached hydrogens (tertiary/aromatic N) is 3. The lowest BCUT2D eigenvalue weighted by atomic mass is 9.87. The van der Waals surface area contributed by atoms with Crippen molar-refractivity contribution in [2.45, 2.75) is 83.2 Å². The molecule has 42 heavy (non-hydrogen) atoms. The molecule has 3 aromatic rings. The molecule has 1 aliphatic heterocycles. The average molecular weight is 576 g/mol. The van der Waals surface area contributed by atoms with Crippen molar-refractivity contribution in [1.82, 2.24) is 14.8 Å². The lowest BCUT2D eigenvalue weighted by Crippen LogP contribution is -2.47. The van der Waals surface area contributed by atoms with E-state index in [0.717, 1.165) is 74.6 Å². The molecule has 5 rings (SSSR count). The highest BCUT2D eigenvalue weighted by atomic mass is 19.1. The number of benzene rings is 2. The van der Waals surface area contributed by atoms with Gasteiger partial charge in [-0.15, -0.1) is 0 Å². The van der Waals surface area contributed by atoms with Gasteiger partial charge in [0.15, 0.2) is 5.89 Å². The van der Waals surface area contributed by atoms with Gasteiger partial charge in [0, 0.05) is 24.9 Å². The number of rotatable bonds is 11. The van der Waals surface area contributed by atoms with Gasteiger partial charge in [0.1, 0.15) is 17.6 Å². The smallest absolute Gasteiger partial charge is 0.321 e. The maximum atomic E-state index is 14.3. The van der Waals surface area contributed by atoms with Gasteiger partial charge in [0.05, 0.1) is 5.69 Å². The van der Waals surface area contributed by atoms with Gasteiger partial charge < -0.3 is 14.4 Å². The molecule has 1 saturated carbocycles. The summed E-state index contributed by atoms with van der Waals surface area (Å²) in [5, 5.41) is 9.94. The second-order valence-corrected chi connectivity index (χ2v) is 12.7. The summed E-state index contributed by atoms with van der Waals surface area (Å²) in [6.07, 6.45) is 5.40. The molecule has 4 atom stereocenters. The Bertz CT molecular complexity index is 1320. The summed E-state index contributed by atoms with van der Waals surface area (Å²) < 4.78 is 20.7. The Kier molecular flexibility index (Phi) is 9.79. The van der Waals surface area contributed by atoms with E-state index in [1.165, 1.54) is 11.6 Å². The van der Waals surface area contributed by atoms with Gasteiger partial charge in [-0.3, -0.25) is 9.69 Å². The standard InChI is InChI=1S/C35H46FN3O3/c1-5-31-34(42-32(37-31)18-24-10-7-6-8-11-24)25-14-16-39(17-15-25)22-27-20-29(38(4)33(23(2)3)35(40)41)21-30(27)26-12-9-13-28(36)19-26/h6-13,19,23,25,27,29-30,33H,5,14-18,20-22H2,1-4H3,(H,40,41)/t27-,29+,30-,33-/m1/s1. The highest BCUT2D eigenvalue weighted by molar-refractivity contribution is 5.73. The second-order valence-electron chi connectivity index (χ2n) is 12.7. The third-order valence-corrected chi connectivity index (χ3v) is 9.60. The van der Waals surface area contributed by atoms with Crippen molar-refractivity contribution in [3.05, 3.63) is 88.9 Å². The van der Waals surface area contributed by atoms with Crippen LogP contribution in [-0.4, -0.2) is 64.6 Å². The normalized spacial score (nSPS) is 22.7. The minimum atomic E-state index is -0.772. The fraction of sp³-hybridized carbons (Fsp3) is 0.543. The first kappa shape index (κ1) is 30.4. The van der Waals surface area contributed by atoms with Gasteiger partial charge in [-0.2, -0.15) is 0 Å². The van der Waals surface area contributed by atoms with Crippen LogP contribution in [0.5, 0.6) is 0 Å². The van der Waals surface area contributed by atoms with Crippen LogP contribution in [0.25, 0.3) is 0 Å². The van der Waals surface area contributed by atoms with Crippen molar-refractivity contribution in [1.29, 1.82) is 0 Å². The van der Waals surface area contributed by atoms with E-state index in [9.17, 15) is 14.3 Å². The first-order valence-electron chi connectivity index (χ1n) is 15.7. The lowest BCUT2D eigenvalue weighted by Gasteiger charge is -2.35. The van der Waals surface area contributed by atoms with Crippen LogP contribution in [0, 0.1) is 17.7 Å². The zero-order chi connectivity index (χ0) is 29.8. The summed E-state index contributed by atoms with van der Waals surface area (Å²) in [7, 11) is 1.95. The minimum Gasteiger partial charge on any atom is -0.480 e. The Hall–Kier alpha value is -3.03. The van der Waals surface area contributed by atoms with E-state index in [1.54, 1.807) is 12.1 Å². The SMILES string of the molecule is CCc1nc(Cc2ccccc2)oc1C1CCN(C[C@H]2C[C@H](N(C)[C@@H](C(=O)O)C(C)C)C[C@@H]2c2cccc(F)c2)CC1. The molecule has 2 aromatic carbocycles. The number of likely N-dealkylation sites (N-methyl/N-ethyl adjacent to an activating group) is 1. The maximum absolute atomic E-state index is 14.3. The van der Waals surface area contributed by atoms with Crippen molar-refractivity contribution >= 4 is 5.97 Å². The summed E-state index contributed by atoms with van der Waals surface area (Å²) in [6.45, 7) is 9.00. The van der Waals surface area contributed by atoms with Crippen molar-refractivity contribution < 1.29 is 18.7 Å². The summed E-state index contributed by atoms with van der Waals surface area (Å²) in [5.41, 5.74) is 3.33. The summed E-state index contributed by atoms with van der Waals surface area (Å²) in [6, 6.07) is 17.0. The van der Waals surface area contributed by atoms with E-state index in [2.05, 4.69) is 28.9 Å². The van der Waals surface area contributed by atoms with Crippen molar-refractivity contribution in [2.24, 2.45) is 11.8 Å². The largest absolute Gasteiger partial charge is 0.480 e. The fourth-order valence-electron chi connectivity index (χ4n) is 7.47. The molecule has 0 bridgehead atoms. The van der Waals surface area contributed by atoms with Crippen LogP contribution < -0.4 is 0 Å². The van der Waals surface area contributed by atoms with Crippen LogP contribution in [0.3, 0.4) is 0 Å². The van der Waals surface area contributed by atoms with Crippen LogP contribution in [0.2, 0.25) is 0 Å². The molecule has 1 aliphatic carbocycles. The van der Waals surface area contributed by atoms with Crippen LogP contribution in [0.15, 0.2) is 59.0 Å². The monoisotopic (exact) mass is 575 g/mol. The Balaban J connectivity index is 1.26. The molecule has 1 N–H and O–H groups in total. The molecule has 1 aromatic heterocycles. The Labute approximate surface area is 249 Å². The Morgan fingerprint density at radius 1 is 1.12 bits per heavy atom. The van der Waals surface area contributed by atoms with Crippen molar-refractivity contribution in [3.8, 4) is 0 Å². The van der Waals surface area contributed by atoms with Crippen LogP contribution in [-0.2, 0) is 17.6 Å². The van der Waals surface area contributed by atoms with Crippen molar-refractivity contribution in [3.63, 3.8) is 0 Å². The molecule has 226 valence electrons. The molecule has 2 aliphatic rings. The number of halogens is 1. The zero-order valence-corrected chi connectivity index (χ0v) is 25.5. The lowest BCUT2D eigenvalue weighted by molar-refractivity contribution is -0.145. The molecule has 2 fully saturated rings. The molecule has 1 saturated heterocycles. The zero-order valence-electron chi connectivity index (χ0n) is 25.5. The summed E-state index contributed by atoms with van der Waals surface area (Å²) >= 11 is 0. The van der Waals surface area contributed by atoms with Crippen LogP contribution >= 0.6 is 0 Å². The molecular weight excluding hydrogens is 529 g/mol. The van der Waals surface area contributed by atoms with E-state index >= 15 is 0 Å². The van der Waals surface area contributed by atoms with E-state index in [1.807, 2.05) is 45.2 Å². The number of carbonyl (C=O) groups is 1. The predicted octanol–water partition coefficient (Wildman–Crippen LogP) is 6.75. The fourth-order valence-corrected chi connectivity index (χ4v) is 7.47. The molecule has 0 unspecified atom stereocenters. The van der Waals surface area contributed by atoms with Gasteiger partial charge in [0.2, 0.25) is 0 Å². The first-order chi connectivity index (χ1) is 20.2. The highest BCUT2D eigenvalue weighted by Crippen LogP contribution is 2.44. The number of aromatic nitrogens is 1. The predicted molar refractivity (Wildman–Crippen MR) is 163 cm³/mol. The maximum Gasteiger partial charge on any atom is 0.321 e. The van der Waals surface area contributed by atoms with Crippen LogP contribution in [0.4, 0.5) is 4.39 Å². The first-order valence-corrected chi connectivity index (χ1v) is 15.7. The number of piperidine rings is 1. The third kappa shape index (κ3) is 6.95. The molecular formula is C35H46FN3O3. The van der Waals surface area contributed by atoms with E-state index < -0.39 is 12.0 Å². The number of carboxylic acid groups (broad SMARTS) is 1. The van der Waals surface area contributed by atoms with Crippen LogP contribution in [0.1, 0.15) is 86.8 Å². The quantitative estimate of drug-likeness (QED) is 0.273. The molecule has 0 spiro atoms. The van der Waals surface area contributed by atoms with Gasteiger partial charge >= 0.3 is 5.97 Å². The number of hydrogen-bond acceptors (Lipinski definition) is 5. The van der Waals surface area contributed by atoms with Gasteiger partial charge in [-0.1, -0.05) is 63.2 Å². The molecule has 2 heterocycles. The molecule has 7 heteroatoms. The Morgan fingerprint density at radius 2 is 1.86 bits per heavy atom. The van der Waals surface area contributed by atoms with Gasteiger partial charge in [-0.05, 0) is 93.3 Å². The van der Waals surface area contributed by atoms with E-state index in [0.29, 0.717) is 18.3 Å². The molecule has 0 amide bonds. The minimum absolute atomic E-state index is 0.00973. The third-order valence-electron chi connectivity index (χ3n) is 9.60. The van der Waals surface area contributed by atoms with Gasteiger partial charge in [0.25, 0.3) is 0 Å². The second kappa shape index (κ2) is 13.5. The number of carboxylic acids is 1. The summed E-state index contributed by atoms with van der Waals surface area (Å²) in [5.74, 6) is 1.81. The van der Waals surface area contributed by atoms with E-state index in [-0.39, 0.29) is 23.7 Å². The number of aliphatic carboxylic acids is 1. The Morgan fingerprint density at radius 3 is 2.50 bits per heavy atom. The average Bonchev–Trinajstić information content (AvgIpc) is 3.58. The number of hydrogen-bond donors (Lipinski definition) is 1. The number of aryl methyl sites for hydroxylation is 1.